The van der Waals surface area contributed by atoms with Crippen LogP contribution in [0.15, 0.2) is 29.4 Å². The van der Waals surface area contributed by atoms with Crippen molar-refractivity contribution in [1.29, 1.82) is 0 Å². The first kappa shape index (κ1) is 17.9. The summed E-state index contributed by atoms with van der Waals surface area (Å²) in [5, 5.41) is 13.2. The lowest BCUT2D eigenvalue weighted by atomic mass is 9.77. The molecular weight excluding hydrogens is 318 g/mol. The zero-order valence-electron chi connectivity index (χ0n) is 14.8. The van der Waals surface area contributed by atoms with Gasteiger partial charge in [-0.1, -0.05) is 37.1 Å². The van der Waals surface area contributed by atoms with Crippen molar-refractivity contribution in [3.63, 3.8) is 0 Å². The quantitative estimate of drug-likeness (QED) is 0.418. The van der Waals surface area contributed by atoms with Crippen molar-refractivity contribution >= 4 is 12.2 Å². The molecule has 2 heterocycles. The summed E-state index contributed by atoms with van der Waals surface area (Å²) >= 11 is 0. The molecule has 2 aliphatic heterocycles. The minimum Gasteiger partial charge on any atom is -0.478 e. The number of carbonyl (C=O) groups is 1. The number of carboxylic acid groups (broad SMARTS) is 1. The van der Waals surface area contributed by atoms with E-state index in [0.717, 1.165) is 31.2 Å². The fourth-order valence-electron chi connectivity index (χ4n) is 3.92. The Bertz CT molecular complexity index is 598. The third-order valence-electron chi connectivity index (χ3n) is 5.31. The van der Waals surface area contributed by atoms with Crippen LogP contribution in [0.5, 0.6) is 0 Å². The molecule has 5 nitrogen and oxygen atoms in total. The van der Waals surface area contributed by atoms with Crippen LogP contribution in [0.1, 0.15) is 54.9 Å². The van der Waals surface area contributed by atoms with Crippen molar-refractivity contribution in [2.24, 2.45) is 17.0 Å². The maximum Gasteiger partial charge on any atom is 0.335 e. The summed E-state index contributed by atoms with van der Waals surface area (Å²) in [7, 11) is 0. The molecule has 2 saturated heterocycles. The van der Waals surface area contributed by atoms with Crippen LogP contribution in [0.3, 0.4) is 0 Å². The highest BCUT2D eigenvalue weighted by atomic mass is 16.6. The average molecular weight is 345 g/mol. The van der Waals surface area contributed by atoms with Crippen molar-refractivity contribution in [3.8, 4) is 0 Å². The number of hydrogen-bond donors (Lipinski definition) is 1. The fourth-order valence-corrected chi connectivity index (χ4v) is 3.92. The number of hydrogen-bond acceptors (Lipinski definition) is 4. The van der Waals surface area contributed by atoms with E-state index >= 15 is 0 Å². The Kier molecular flexibility index (Phi) is 6.08. The minimum absolute atomic E-state index is 0.247. The molecule has 0 amide bonds. The highest BCUT2D eigenvalue weighted by molar-refractivity contribution is 5.87. The molecule has 2 fully saturated rings. The third-order valence-corrected chi connectivity index (χ3v) is 5.31. The molecule has 0 spiro atoms. The zero-order valence-corrected chi connectivity index (χ0v) is 14.8. The van der Waals surface area contributed by atoms with Crippen LogP contribution in [-0.2, 0) is 16.0 Å². The Morgan fingerprint density at radius 3 is 2.76 bits per heavy atom. The molecule has 2 bridgehead atoms. The van der Waals surface area contributed by atoms with E-state index in [1.807, 2.05) is 18.3 Å². The number of rotatable bonds is 9. The van der Waals surface area contributed by atoms with Crippen molar-refractivity contribution in [1.82, 2.24) is 0 Å². The number of nitrogens with zero attached hydrogens (tertiary/aromatic N) is 1. The fraction of sp³-hybridized carbons (Fsp3) is 0.600. The van der Waals surface area contributed by atoms with Gasteiger partial charge in [0, 0.05) is 12.1 Å². The van der Waals surface area contributed by atoms with Crippen molar-refractivity contribution in [3.05, 3.63) is 35.4 Å². The molecule has 0 saturated carbocycles. The molecular formula is C20H27NO4. The van der Waals surface area contributed by atoms with Gasteiger partial charge >= 0.3 is 5.97 Å². The molecule has 25 heavy (non-hydrogen) atoms. The lowest BCUT2D eigenvalue weighted by Gasteiger charge is -2.25. The van der Waals surface area contributed by atoms with Gasteiger partial charge in [0.25, 0.3) is 0 Å². The first-order valence-corrected chi connectivity index (χ1v) is 9.32. The second kappa shape index (κ2) is 8.48. The second-order valence-electron chi connectivity index (χ2n) is 7.03. The number of ether oxygens (including phenoxy) is 1. The van der Waals surface area contributed by atoms with Gasteiger partial charge in [-0.2, -0.15) is 0 Å². The van der Waals surface area contributed by atoms with Gasteiger partial charge in [0.2, 0.25) is 0 Å². The van der Waals surface area contributed by atoms with Gasteiger partial charge in [0.05, 0.1) is 17.8 Å². The highest BCUT2D eigenvalue weighted by Crippen LogP contribution is 2.44. The summed E-state index contributed by atoms with van der Waals surface area (Å²) in [6.07, 6.45) is 8.92. The summed E-state index contributed by atoms with van der Waals surface area (Å²) in [6.45, 7) is 2.84. The molecule has 5 heteroatoms. The normalized spacial score (nSPS) is 27.9. The maximum absolute atomic E-state index is 11.0. The number of unbranched alkanes of at least 4 members (excludes halogenated alkanes) is 2. The first-order chi connectivity index (χ1) is 12.2. The Morgan fingerprint density at radius 2 is 2.04 bits per heavy atom. The van der Waals surface area contributed by atoms with Gasteiger partial charge in [-0.15, -0.1) is 0 Å². The average Bonchev–Trinajstić information content (AvgIpc) is 3.21. The molecule has 2 aliphatic rings. The SMILES string of the molecule is CCCCCON=CC1C2CCC(O2)C1Cc1ccc(C(=O)O)cc1. The molecule has 4 atom stereocenters. The second-order valence-corrected chi connectivity index (χ2v) is 7.03. The predicted molar refractivity (Wildman–Crippen MR) is 95.9 cm³/mol. The van der Waals surface area contributed by atoms with Crippen molar-refractivity contribution in [2.75, 3.05) is 6.61 Å². The Hall–Kier alpha value is -1.88. The maximum atomic E-state index is 11.0. The largest absolute Gasteiger partial charge is 0.478 e. The van der Waals surface area contributed by atoms with Crippen LogP contribution in [0, 0.1) is 11.8 Å². The topological polar surface area (TPSA) is 68.1 Å². The monoisotopic (exact) mass is 345 g/mol. The molecule has 0 radical (unpaired) electrons. The molecule has 4 unspecified atom stereocenters. The highest BCUT2D eigenvalue weighted by Gasteiger charge is 2.48. The Morgan fingerprint density at radius 1 is 1.28 bits per heavy atom. The Balaban J connectivity index is 1.58. The standard InChI is InChI=1S/C20H27NO4/c1-2-3-4-11-24-21-13-17-16(18-9-10-19(17)25-18)12-14-5-7-15(8-6-14)20(22)23/h5-8,13,16-19H,2-4,9-12H2,1H3,(H,22,23). The summed E-state index contributed by atoms with van der Waals surface area (Å²) in [5.74, 6) is -0.221. The van der Waals surface area contributed by atoms with Gasteiger partial charge in [-0.3, -0.25) is 0 Å². The predicted octanol–water partition coefficient (Wildman–Crippen LogP) is 3.91. The van der Waals surface area contributed by atoms with Crippen LogP contribution in [0.4, 0.5) is 0 Å². The lowest BCUT2D eigenvalue weighted by molar-refractivity contribution is 0.0696. The smallest absolute Gasteiger partial charge is 0.335 e. The van der Waals surface area contributed by atoms with E-state index < -0.39 is 5.97 Å². The molecule has 0 aliphatic carbocycles. The summed E-state index contributed by atoms with van der Waals surface area (Å²) in [6, 6.07) is 7.16. The van der Waals surface area contributed by atoms with E-state index in [1.54, 1.807) is 12.1 Å². The number of oxime groups is 1. The van der Waals surface area contributed by atoms with Gasteiger partial charge < -0.3 is 14.7 Å². The van der Waals surface area contributed by atoms with Crippen molar-refractivity contribution < 1.29 is 19.5 Å². The molecule has 0 aromatic heterocycles. The van der Waals surface area contributed by atoms with E-state index in [-0.39, 0.29) is 18.1 Å². The summed E-state index contributed by atoms with van der Waals surface area (Å²) < 4.78 is 6.09. The van der Waals surface area contributed by atoms with Gasteiger partial charge in [0.1, 0.15) is 6.61 Å². The Labute approximate surface area is 149 Å². The van der Waals surface area contributed by atoms with Crippen LogP contribution in [-0.4, -0.2) is 36.1 Å². The number of carboxylic acids is 1. The van der Waals surface area contributed by atoms with E-state index in [1.165, 1.54) is 12.8 Å². The number of benzene rings is 1. The summed E-state index contributed by atoms with van der Waals surface area (Å²) in [5.41, 5.74) is 1.47. The molecule has 1 aromatic rings. The van der Waals surface area contributed by atoms with E-state index in [2.05, 4.69) is 12.1 Å². The molecule has 1 N–H and O–H groups in total. The van der Waals surface area contributed by atoms with E-state index in [0.29, 0.717) is 18.1 Å². The van der Waals surface area contributed by atoms with Crippen molar-refractivity contribution in [2.45, 2.75) is 57.7 Å². The lowest BCUT2D eigenvalue weighted by Crippen LogP contribution is -2.30. The van der Waals surface area contributed by atoms with Crippen LogP contribution >= 0.6 is 0 Å². The zero-order chi connectivity index (χ0) is 17.6. The van der Waals surface area contributed by atoms with E-state index in [9.17, 15) is 4.79 Å². The third kappa shape index (κ3) is 4.40. The van der Waals surface area contributed by atoms with Gasteiger partial charge in [0.15, 0.2) is 0 Å². The molecule has 1 aromatic carbocycles. The minimum atomic E-state index is -0.889. The number of fused-ring (bicyclic) bond motifs is 2. The first-order valence-electron chi connectivity index (χ1n) is 9.32. The van der Waals surface area contributed by atoms with Gasteiger partial charge in [-0.05, 0) is 49.3 Å². The van der Waals surface area contributed by atoms with E-state index in [4.69, 9.17) is 14.7 Å². The molecule has 3 rings (SSSR count). The number of aromatic carboxylic acids is 1. The van der Waals surface area contributed by atoms with Crippen LogP contribution in [0.2, 0.25) is 0 Å². The van der Waals surface area contributed by atoms with Crippen LogP contribution in [0.25, 0.3) is 0 Å². The summed E-state index contributed by atoms with van der Waals surface area (Å²) in [4.78, 5) is 16.4. The molecule has 136 valence electrons. The van der Waals surface area contributed by atoms with Crippen LogP contribution < -0.4 is 0 Å². The van der Waals surface area contributed by atoms with Gasteiger partial charge in [-0.25, -0.2) is 4.79 Å².